The molecule has 0 saturated heterocycles. The molecule has 4 heteroatoms. The molecule has 0 unspecified atom stereocenters. The Kier molecular flexibility index (Phi) is 200. The Morgan fingerprint density at radius 3 is 0.400 bits per heavy atom. The monoisotopic (exact) mass is 856 g/mol. The predicted molar refractivity (Wildman–Crippen MR) is 6.73 cm³/mol. The van der Waals surface area contributed by atoms with Gasteiger partial charge in [-0.15, -0.1) is 0 Å². The summed E-state index contributed by atoms with van der Waals surface area (Å²) < 4.78 is 0. The minimum absolute atomic E-state index is 0. The Balaban J connectivity index is 0. The zero-order valence-electron chi connectivity index (χ0n) is 1.51. The van der Waals surface area contributed by atoms with Crippen LogP contribution < -0.4 is 0 Å². The molecule has 5 heavy (non-hydrogen) atoms. The first kappa shape index (κ1) is 38.8. The van der Waals surface area contributed by atoms with Crippen molar-refractivity contribution in [2.45, 2.75) is 7.43 Å². The van der Waals surface area contributed by atoms with E-state index >= 15 is 0 Å². The van der Waals surface area contributed by atoms with Crippen molar-refractivity contribution >= 4 is 0 Å². The van der Waals surface area contributed by atoms with Gasteiger partial charge in [0.1, 0.15) is 0 Å². The summed E-state index contributed by atoms with van der Waals surface area (Å²) in [5.74, 6) is 0. The zero-order chi connectivity index (χ0) is 0. The Bertz CT molecular complexity index is 3.61. The molecule has 0 aliphatic heterocycles. The fourth-order valence-electron chi connectivity index (χ4n) is 0. The summed E-state index contributed by atoms with van der Waals surface area (Å²) in [7, 11) is 0. The van der Waals surface area contributed by atoms with Crippen molar-refractivity contribution in [1.29, 1.82) is 0 Å². The molecule has 0 nitrogen and oxygen atoms in total. The van der Waals surface area contributed by atoms with Crippen molar-refractivity contribution < 1.29 is 105 Å². The summed E-state index contributed by atoms with van der Waals surface area (Å²) >= 11 is 0. The Morgan fingerprint density at radius 1 is 0.400 bits per heavy atom. The standard InChI is InChI=1S/CH4.4At/h1H4;;;;. The van der Waals surface area contributed by atoms with E-state index in [0.717, 1.165) is 0 Å². The van der Waals surface area contributed by atoms with Gasteiger partial charge in [-0.1, -0.05) is 7.43 Å². The summed E-state index contributed by atoms with van der Waals surface area (Å²) in [6.07, 6.45) is 0. The summed E-state index contributed by atoms with van der Waals surface area (Å²) in [4.78, 5) is 0. The van der Waals surface area contributed by atoms with Crippen molar-refractivity contribution in [3.63, 3.8) is 0 Å². The van der Waals surface area contributed by atoms with Gasteiger partial charge in [0, 0.05) is 105 Å². The maximum absolute atomic E-state index is 0. The molecule has 0 bridgehead atoms. The van der Waals surface area contributed by atoms with E-state index < -0.39 is 0 Å². The quantitative estimate of drug-likeness (QED) is 0.336. The second-order valence-electron chi connectivity index (χ2n) is 0. The fourth-order valence-corrected chi connectivity index (χ4v) is 0. The maximum Gasteiger partial charge on any atom is 0 e. The van der Waals surface area contributed by atoms with Crippen molar-refractivity contribution in [2.24, 2.45) is 0 Å². The van der Waals surface area contributed by atoms with Gasteiger partial charge < -0.3 is 0 Å². The van der Waals surface area contributed by atoms with Crippen molar-refractivity contribution in [2.75, 3.05) is 0 Å². The van der Waals surface area contributed by atoms with Gasteiger partial charge in [-0.05, 0) is 0 Å². The largest absolute Gasteiger partial charge is 0.0776 e. The van der Waals surface area contributed by atoms with E-state index in [0.29, 0.717) is 0 Å². The molecular formula is CH4At4. The molecular weight excluding hydrogens is 852 g/mol. The van der Waals surface area contributed by atoms with Gasteiger partial charge in [-0.2, -0.15) is 0 Å². The first-order valence-corrected chi connectivity index (χ1v) is 0. The molecule has 0 aromatic rings. The predicted octanol–water partition coefficient (Wildman–Crippen LogP) is 0.636. The van der Waals surface area contributed by atoms with Crippen LogP contribution in [-0.4, -0.2) is 0 Å². The van der Waals surface area contributed by atoms with Gasteiger partial charge in [0.2, 0.25) is 0 Å². The number of rotatable bonds is 0. The number of hydrogen-bond acceptors (Lipinski definition) is 0. The van der Waals surface area contributed by atoms with E-state index in [-0.39, 0.29) is 112 Å². The van der Waals surface area contributed by atoms with Crippen LogP contribution in [0.1, 0.15) is 7.43 Å². The second-order valence-corrected chi connectivity index (χ2v) is 0. The Labute approximate surface area is 110 Å². The molecule has 0 spiro atoms. The molecule has 0 rings (SSSR count). The third kappa shape index (κ3) is 18.5. The van der Waals surface area contributed by atoms with Crippen LogP contribution in [0.25, 0.3) is 0 Å². The molecule has 0 fully saturated rings. The Hall–Kier alpha value is 3.53. The molecule has 4 radical (unpaired) electrons. The van der Waals surface area contributed by atoms with E-state index in [1.807, 2.05) is 0 Å². The fraction of sp³-hybridized carbons (Fsp3) is 1.00. The normalized spacial score (nSPS) is 0. The van der Waals surface area contributed by atoms with Crippen molar-refractivity contribution in [3.8, 4) is 0 Å². The third-order valence-electron chi connectivity index (χ3n) is 0. The molecule has 0 saturated carbocycles. The minimum atomic E-state index is 0. The van der Waals surface area contributed by atoms with Crippen LogP contribution in [0.3, 0.4) is 0 Å². The molecule has 0 aliphatic rings. The van der Waals surface area contributed by atoms with E-state index in [4.69, 9.17) is 0 Å². The van der Waals surface area contributed by atoms with Crippen molar-refractivity contribution in [1.82, 2.24) is 0 Å². The van der Waals surface area contributed by atoms with Crippen LogP contribution in [-0.2, 0) is 0 Å². The van der Waals surface area contributed by atoms with Gasteiger partial charge in [-0.3, -0.25) is 0 Å². The first-order chi connectivity index (χ1) is 0. The Morgan fingerprint density at radius 2 is 0.400 bits per heavy atom. The van der Waals surface area contributed by atoms with E-state index in [1.54, 1.807) is 0 Å². The van der Waals surface area contributed by atoms with Gasteiger partial charge in [0.05, 0.1) is 0 Å². The molecule has 0 aliphatic carbocycles. The van der Waals surface area contributed by atoms with E-state index in [2.05, 4.69) is 0 Å². The van der Waals surface area contributed by atoms with Gasteiger partial charge in [0.15, 0.2) is 0 Å². The first-order valence-electron chi connectivity index (χ1n) is 0. The van der Waals surface area contributed by atoms with E-state index in [1.165, 1.54) is 0 Å². The van der Waals surface area contributed by atoms with Crippen LogP contribution in [0.5, 0.6) is 0 Å². The molecule has 0 heterocycles. The smallest absolute Gasteiger partial charge is 0 e. The molecule has 0 aromatic heterocycles. The van der Waals surface area contributed by atoms with Gasteiger partial charge in [-0.25, -0.2) is 0 Å². The SMILES string of the molecule is C.[At].[At].[At].[At]. The molecule has 36 valence electrons. The van der Waals surface area contributed by atoms with E-state index in [9.17, 15) is 0 Å². The van der Waals surface area contributed by atoms with Crippen LogP contribution in [0.4, 0.5) is 0 Å². The average Bonchev–Trinajstić information content (AvgIpc) is 0. The van der Waals surface area contributed by atoms with Gasteiger partial charge >= 0.3 is 0 Å². The molecule has 0 N–H and O–H groups in total. The van der Waals surface area contributed by atoms with Crippen molar-refractivity contribution in [3.05, 3.63) is 0 Å². The summed E-state index contributed by atoms with van der Waals surface area (Å²) in [5, 5.41) is 0. The maximum atomic E-state index is 0. The minimum Gasteiger partial charge on any atom is -0.0776 e. The third-order valence-corrected chi connectivity index (χ3v) is 0. The summed E-state index contributed by atoms with van der Waals surface area (Å²) in [5.41, 5.74) is 0. The topological polar surface area (TPSA) is 0 Å². The molecule has 0 amide bonds. The van der Waals surface area contributed by atoms with Gasteiger partial charge in [0.25, 0.3) is 0 Å². The number of hydrogen-bond donors (Lipinski definition) is 0. The average molecular weight is 856 g/mol. The second kappa shape index (κ2) is 25.8. The van der Waals surface area contributed by atoms with Crippen LogP contribution in [0, 0.1) is 105 Å². The molecule has 0 aromatic carbocycles. The summed E-state index contributed by atoms with van der Waals surface area (Å²) in [6.45, 7) is 0. The van der Waals surface area contributed by atoms with Crippen LogP contribution in [0.15, 0.2) is 0 Å². The van der Waals surface area contributed by atoms with Crippen LogP contribution >= 0.6 is 0 Å². The summed E-state index contributed by atoms with van der Waals surface area (Å²) in [6, 6.07) is 0. The zero-order valence-corrected chi connectivity index (χ0v) is 13.3. The van der Waals surface area contributed by atoms with Crippen LogP contribution in [0.2, 0.25) is 0 Å². The molecule has 0 atom stereocenters.